The minimum absolute atomic E-state index is 0.756. The lowest BCUT2D eigenvalue weighted by molar-refractivity contribution is 0.234. The summed E-state index contributed by atoms with van der Waals surface area (Å²) in [7, 11) is 0. The smallest absolute Gasteiger partial charge is 0.0212 e. The number of nitrogens with zero attached hydrogens (tertiary/aromatic N) is 1. The van der Waals surface area contributed by atoms with Crippen LogP contribution in [0, 0.1) is 17.8 Å². The molecule has 3 saturated carbocycles. The molecule has 6 atom stereocenters. The molecule has 1 aliphatic heterocycles. The molecule has 1 heterocycles. The minimum Gasteiger partial charge on any atom is -0.310 e. The highest BCUT2D eigenvalue weighted by molar-refractivity contribution is 4.99. The van der Waals surface area contributed by atoms with Gasteiger partial charge in [0.2, 0.25) is 0 Å². The molecule has 0 amide bonds. The lowest BCUT2D eigenvalue weighted by atomic mass is 9.83. The van der Waals surface area contributed by atoms with Crippen molar-refractivity contribution < 1.29 is 0 Å². The van der Waals surface area contributed by atoms with E-state index in [9.17, 15) is 0 Å². The summed E-state index contributed by atoms with van der Waals surface area (Å²) < 4.78 is 0. The normalized spacial score (nSPS) is 48.0. The molecule has 1 saturated heterocycles. The first-order valence-electron chi connectivity index (χ1n) is 8.72. The average molecular weight is 262 g/mol. The van der Waals surface area contributed by atoms with E-state index in [2.05, 4.69) is 24.1 Å². The maximum Gasteiger partial charge on any atom is 0.0212 e. The van der Waals surface area contributed by atoms with Gasteiger partial charge in [0.25, 0.3) is 0 Å². The van der Waals surface area contributed by atoms with Gasteiger partial charge in [0, 0.05) is 30.7 Å². The Bertz CT molecular complexity index is 338. The fraction of sp³-hybridized carbons (Fsp3) is 1.00. The third kappa shape index (κ3) is 2.35. The molecule has 0 spiro atoms. The SMILES string of the molecule is CC(NC1CC(C)N(C2CC2)C1)C1CC2CCC1C2. The number of hydrogen-bond donors (Lipinski definition) is 1. The Labute approximate surface area is 118 Å². The fourth-order valence-electron chi connectivity index (χ4n) is 5.49. The summed E-state index contributed by atoms with van der Waals surface area (Å²) in [6.45, 7) is 6.22. The van der Waals surface area contributed by atoms with Crippen LogP contribution in [0.15, 0.2) is 0 Å². The second-order valence-corrected chi connectivity index (χ2v) is 8.00. The van der Waals surface area contributed by atoms with Gasteiger partial charge in [-0.25, -0.2) is 0 Å². The molecule has 3 aliphatic carbocycles. The summed E-state index contributed by atoms with van der Waals surface area (Å²) in [5, 5.41) is 4.01. The Kier molecular flexibility index (Phi) is 3.15. The van der Waals surface area contributed by atoms with Crippen LogP contribution in [0.4, 0.5) is 0 Å². The molecule has 4 fully saturated rings. The Balaban J connectivity index is 1.32. The number of likely N-dealkylation sites (tertiary alicyclic amines) is 1. The Morgan fingerprint density at radius 3 is 2.53 bits per heavy atom. The highest BCUT2D eigenvalue weighted by Gasteiger charge is 2.43. The van der Waals surface area contributed by atoms with Crippen LogP contribution in [0.5, 0.6) is 0 Å². The third-order valence-electron chi connectivity index (χ3n) is 6.57. The molecule has 0 aromatic carbocycles. The summed E-state index contributed by atoms with van der Waals surface area (Å²) in [5.74, 6) is 3.14. The molecule has 108 valence electrons. The summed E-state index contributed by atoms with van der Waals surface area (Å²) in [4.78, 5) is 2.77. The molecule has 1 N–H and O–H groups in total. The van der Waals surface area contributed by atoms with E-state index in [4.69, 9.17) is 0 Å². The fourth-order valence-corrected chi connectivity index (χ4v) is 5.49. The topological polar surface area (TPSA) is 15.3 Å². The van der Waals surface area contributed by atoms with Crippen LogP contribution >= 0.6 is 0 Å². The van der Waals surface area contributed by atoms with Crippen LogP contribution < -0.4 is 5.32 Å². The van der Waals surface area contributed by atoms with E-state index in [0.717, 1.165) is 41.9 Å². The van der Waals surface area contributed by atoms with E-state index in [1.54, 1.807) is 6.42 Å². The van der Waals surface area contributed by atoms with Gasteiger partial charge in [-0.15, -0.1) is 0 Å². The Morgan fingerprint density at radius 1 is 1.05 bits per heavy atom. The second kappa shape index (κ2) is 4.73. The standard InChI is InChI=1S/C17H30N2/c1-11-7-15(10-19(11)16-5-6-16)18-12(2)17-9-13-3-4-14(17)8-13/h11-18H,3-10H2,1-2H3. The minimum atomic E-state index is 0.756. The highest BCUT2D eigenvalue weighted by Crippen LogP contribution is 2.49. The van der Waals surface area contributed by atoms with Crippen LogP contribution in [0.3, 0.4) is 0 Å². The van der Waals surface area contributed by atoms with E-state index in [1.807, 2.05) is 0 Å². The largest absolute Gasteiger partial charge is 0.310 e. The quantitative estimate of drug-likeness (QED) is 0.838. The van der Waals surface area contributed by atoms with Crippen molar-refractivity contribution in [2.45, 2.75) is 83.0 Å². The highest BCUT2D eigenvalue weighted by atomic mass is 15.3. The first kappa shape index (κ1) is 12.6. The number of fused-ring (bicyclic) bond motifs is 2. The van der Waals surface area contributed by atoms with Crippen molar-refractivity contribution in [1.29, 1.82) is 0 Å². The summed E-state index contributed by atoms with van der Waals surface area (Å²) >= 11 is 0. The van der Waals surface area contributed by atoms with Crippen molar-refractivity contribution in [2.24, 2.45) is 17.8 Å². The van der Waals surface area contributed by atoms with Gasteiger partial charge in [-0.1, -0.05) is 6.42 Å². The van der Waals surface area contributed by atoms with Gasteiger partial charge in [-0.2, -0.15) is 0 Å². The lowest BCUT2D eigenvalue weighted by Crippen LogP contribution is -2.44. The van der Waals surface area contributed by atoms with Gasteiger partial charge >= 0.3 is 0 Å². The predicted molar refractivity (Wildman–Crippen MR) is 79.1 cm³/mol. The van der Waals surface area contributed by atoms with E-state index in [0.29, 0.717) is 0 Å². The van der Waals surface area contributed by atoms with Crippen LogP contribution in [-0.2, 0) is 0 Å². The first-order chi connectivity index (χ1) is 9.20. The maximum atomic E-state index is 4.01. The number of rotatable bonds is 4. The molecule has 4 aliphatic rings. The van der Waals surface area contributed by atoms with Crippen molar-refractivity contribution in [1.82, 2.24) is 10.2 Å². The Morgan fingerprint density at radius 2 is 1.89 bits per heavy atom. The Hall–Kier alpha value is -0.0800. The zero-order chi connectivity index (χ0) is 13.0. The van der Waals surface area contributed by atoms with Crippen molar-refractivity contribution in [3.8, 4) is 0 Å². The monoisotopic (exact) mass is 262 g/mol. The molecule has 4 rings (SSSR count). The summed E-state index contributed by atoms with van der Waals surface area (Å²) in [6.07, 6.45) is 10.4. The molecular formula is C17H30N2. The van der Waals surface area contributed by atoms with Crippen molar-refractivity contribution >= 4 is 0 Å². The molecule has 6 unspecified atom stereocenters. The maximum absolute atomic E-state index is 4.01. The van der Waals surface area contributed by atoms with Gasteiger partial charge in [-0.3, -0.25) is 4.90 Å². The van der Waals surface area contributed by atoms with E-state index in [1.165, 1.54) is 45.1 Å². The molecule has 19 heavy (non-hydrogen) atoms. The molecule has 0 radical (unpaired) electrons. The number of hydrogen-bond acceptors (Lipinski definition) is 2. The van der Waals surface area contributed by atoms with Crippen molar-refractivity contribution in [3.63, 3.8) is 0 Å². The zero-order valence-corrected chi connectivity index (χ0v) is 12.6. The number of nitrogens with one attached hydrogen (secondary N) is 1. The molecule has 2 heteroatoms. The second-order valence-electron chi connectivity index (χ2n) is 8.00. The third-order valence-corrected chi connectivity index (χ3v) is 6.57. The summed E-state index contributed by atoms with van der Waals surface area (Å²) in [6, 6.07) is 3.29. The molecule has 0 aromatic heterocycles. The van der Waals surface area contributed by atoms with E-state index >= 15 is 0 Å². The van der Waals surface area contributed by atoms with Crippen LogP contribution in [0.2, 0.25) is 0 Å². The van der Waals surface area contributed by atoms with Crippen LogP contribution in [0.25, 0.3) is 0 Å². The molecule has 2 nitrogen and oxygen atoms in total. The van der Waals surface area contributed by atoms with Crippen LogP contribution in [-0.4, -0.2) is 35.6 Å². The van der Waals surface area contributed by atoms with Crippen molar-refractivity contribution in [3.05, 3.63) is 0 Å². The summed E-state index contributed by atoms with van der Waals surface area (Å²) in [5.41, 5.74) is 0. The van der Waals surface area contributed by atoms with Gasteiger partial charge in [-0.05, 0) is 70.1 Å². The van der Waals surface area contributed by atoms with Gasteiger partial charge in [0.1, 0.15) is 0 Å². The lowest BCUT2D eigenvalue weighted by Gasteiger charge is -2.31. The first-order valence-corrected chi connectivity index (χ1v) is 8.72. The predicted octanol–water partition coefficient (Wildman–Crippen LogP) is 3.03. The van der Waals surface area contributed by atoms with Crippen molar-refractivity contribution in [2.75, 3.05) is 6.54 Å². The van der Waals surface area contributed by atoms with Gasteiger partial charge in [0.15, 0.2) is 0 Å². The molecule has 0 aromatic rings. The van der Waals surface area contributed by atoms with Crippen LogP contribution in [0.1, 0.15) is 58.8 Å². The average Bonchev–Trinajstić information content (AvgIpc) is 2.83. The molecule has 2 bridgehead atoms. The van der Waals surface area contributed by atoms with E-state index < -0.39 is 0 Å². The zero-order valence-electron chi connectivity index (χ0n) is 12.6. The molecular weight excluding hydrogens is 232 g/mol. The van der Waals surface area contributed by atoms with Gasteiger partial charge in [0.05, 0.1) is 0 Å². The van der Waals surface area contributed by atoms with Gasteiger partial charge < -0.3 is 5.32 Å². The van der Waals surface area contributed by atoms with E-state index in [-0.39, 0.29) is 0 Å².